The van der Waals surface area contributed by atoms with Gasteiger partial charge in [-0.25, -0.2) is 16.8 Å². The van der Waals surface area contributed by atoms with Crippen molar-refractivity contribution in [2.45, 2.75) is 55.2 Å². The highest BCUT2D eigenvalue weighted by Gasteiger charge is 2.25. The summed E-state index contributed by atoms with van der Waals surface area (Å²) in [6, 6.07) is 12.7. The average Bonchev–Trinajstić information content (AvgIpc) is 2.99. The third-order valence-corrected chi connectivity index (χ3v) is 8.39. The van der Waals surface area contributed by atoms with Crippen LogP contribution in [0, 0.1) is 0 Å². The van der Waals surface area contributed by atoms with Crippen LogP contribution in [0.1, 0.15) is 44.6 Å². The van der Waals surface area contributed by atoms with Crippen molar-refractivity contribution in [1.82, 2.24) is 4.31 Å². The molecule has 6 nitrogen and oxygen atoms in total. The van der Waals surface area contributed by atoms with Crippen molar-refractivity contribution in [2.24, 2.45) is 0 Å². The fraction of sp³-hybridized carbons (Fsp3) is 0.429. The van der Waals surface area contributed by atoms with E-state index in [1.807, 2.05) is 12.1 Å². The average molecular weight is 437 g/mol. The van der Waals surface area contributed by atoms with Crippen LogP contribution < -0.4 is 4.72 Å². The summed E-state index contributed by atoms with van der Waals surface area (Å²) in [4.78, 5) is 0.366. The number of nitrogens with one attached hydrogen (secondary N) is 1. The van der Waals surface area contributed by atoms with Gasteiger partial charge in [-0.15, -0.1) is 0 Å². The number of benzene rings is 2. The van der Waals surface area contributed by atoms with Gasteiger partial charge in [-0.1, -0.05) is 38.3 Å². The summed E-state index contributed by atoms with van der Waals surface area (Å²) in [5, 5.41) is 0. The van der Waals surface area contributed by atoms with E-state index < -0.39 is 20.0 Å². The fourth-order valence-corrected chi connectivity index (χ4v) is 6.04. The predicted molar refractivity (Wildman–Crippen MR) is 115 cm³/mol. The van der Waals surface area contributed by atoms with Crippen molar-refractivity contribution in [3.63, 3.8) is 0 Å². The molecular formula is C21H28N2O4S2. The Morgan fingerprint density at radius 2 is 1.34 bits per heavy atom. The maximum Gasteiger partial charge on any atom is 0.261 e. The molecule has 0 aromatic heterocycles. The monoisotopic (exact) mass is 436 g/mol. The van der Waals surface area contributed by atoms with Crippen molar-refractivity contribution in [1.29, 1.82) is 0 Å². The van der Waals surface area contributed by atoms with Crippen molar-refractivity contribution in [3.8, 4) is 0 Å². The van der Waals surface area contributed by atoms with Crippen LogP contribution in [0.5, 0.6) is 0 Å². The van der Waals surface area contributed by atoms with Crippen molar-refractivity contribution in [2.75, 3.05) is 17.8 Å². The topological polar surface area (TPSA) is 83.5 Å². The van der Waals surface area contributed by atoms with Gasteiger partial charge in [-0.3, -0.25) is 4.72 Å². The SMILES string of the molecule is CCCc1ccc(S(=O)(=O)Nc2ccc(S(=O)(=O)N3CCCCCC3)cc2)cc1. The number of hydrogen-bond donors (Lipinski definition) is 1. The molecule has 8 heteroatoms. The first-order chi connectivity index (χ1) is 13.8. The van der Waals surface area contributed by atoms with Gasteiger partial charge in [-0.2, -0.15) is 4.31 Å². The smallest absolute Gasteiger partial charge is 0.261 e. The van der Waals surface area contributed by atoms with E-state index in [1.54, 1.807) is 12.1 Å². The van der Waals surface area contributed by atoms with Gasteiger partial charge in [0.25, 0.3) is 10.0 Å². The first-order valence-electron chi connectivity index (χ1n) is 10.0. The van der Waals surface area contributed by atoms with Gasteiger partial charge < -0.3 is 0 Å². The minimum Gasteiger partial charge on any atom is -0.280 e. The van der Waals surface area contributed by atoms with Crippen LogP contribution in [0.15, 0.2) is 58.3 Å². The Morgan fingerprint density at radius 1 is 0.793 bits per heavy atom. The minimum absolute atomic E-state index is 0.179. The van der Waals surface area contributed by atoms with Crippen LogP contribution in [0.25, 0.3) is 0 Å². The van der Waals surface area contributed by atoms with Crippen LogP contribution in [-0.4, -0.2) is 34.2 Å². The summed E-state index contributed by atoms with van der Waals surface area (Å²) in [5.74, 6) is 0. The summed E-state index contributed by atoms with van der Waals surface area (Å²) in [5.41, 5.74) is 1.42. The highest BCUT2D eigenvalue weighted by atomic mass is 32.2. The van der Waals surface area contributed by atoms with Crippen molar-refractivity contribution < 1.29 is 16.8 Å². The third-order valence-electron chi connectivity index (χ3n) is 5.08. The molecule has 0 spiro atoms. The number of sulfonamides is 2. The number of hydrogen-bond acceptors (Lipinski definition) is 4. The van der Waals surface area contributed by atoms with Gasteiger partial charge in [0.2, 0.25) is 10.0 Å². The van der Waals surface area contributed by atoms with Gasteiger partial charge in [0.05, 0.1) is 9.79 Å². The van der Waals surface area contributed by atoms with Gasteiger partial charge in [0, 0.05) is 18.8 Å². The molecule has 0 radical (unpaired) electrons. The Bertz CT molecular complexity index is 1010. The Balaban J connectivity index is 1.74. The quantitative estimate of drug-likeness (QED) is 0.711. The van der Waals surface area contributed by atoms with E-state index in [0.29, 0.717) is 18.8 Å². The first kappa shape index (κ1) is 21.8. The number of rotatable bonds is 7. The lowest BCUT2D eigenvalue weighted by Crippen LogP contribution is -2.31. The normalized spacial score (nSPS) is 16.3. The van der Waals surface area contributed by atoms with Crippen LogP contribution in [-0.2, 0) is 26.5 Å². The maximum absolute atomic E-state index is 12.8. The number of anilines is 1. The van der Waals surface area contributed by atoms with Crippen molar-refractivity contribution >= 4 is 25.7 Å². The van der Waals surface area contributed by atoms with E-state index >= 15 is 0 Å². The molecule has 2 aromatic carbocycles. The Hall–Kier alpha value is -1.90. The summed E-state index contributed by atoms with van der Waals surface area (Å²) in [6.45, 7) is 3.14. The summed E-state index contributed by atoms with van der Waals surface area (Å²) >= 11 is 0. The fourth-order valence-electron chi connectivity index (χ4n) is 3.46. The zero-order chi connectivity index (χ0) is 20.9. The molecule has 1 aliphatic heterocycles. The van der Waals surface area contributed by atoms with Crippen LogP contribution >= 0.6 is 0 Å². The lowest BCUT2D eigenvalue weighted by molar-refractivity contribution is 0.424. The zero-order valence-corrected chi connectivity index (χ0v) is 18.3. The standard InChI is InChI=1S/C21H28N2O4S2/c1-2-7-18-8-12-20(13-9-18)28(24,25)22-19-10-14-21(15-11-19)29(26,27)23-16-5-3-4-6-17-23/h8-15,22H,2-7,16-17H2,1H3. The summed E-state index contributed by atoms with van der Waals surface area (Å²) < 4.78 is 54.9. The maximum atomic E-state index is 12.8. The molecule has 0 amide bonds. The highest BCUT2D eigenvalue weighted by molar-refractivity contribution is 7.92. The molecule has 2 aromatic rings. The van der Waals surface area contributed by atoms with E-state index in [1.165, 1.54) is 28.6 Å². The third kappa shape index (κ3) is 5.38. The second kappa shape index (κ2) is 9.28. The van der Waals surface area contributed by atoms with Gasteiger partial charge >= 0.3 is 0 Å². The molecule has 158 valence electrons. The molecule has 1 aliphatic rings. The lowest BCUT2D eigenvalue weighted by Gasteiger charge is -2.20. The second-order valence-corrected chi connectivity index (χ2v) is 11.0. The summed E-state index contributed by atoms with van der Waals surface area (Å²) in [6.07, 6.45) is 5.73. The summed E-state index contributed by atoms with van der Waals surface area (Å²) in [7, 11) is -7.28. The molecule has 3 rings (SSSR count). The molecule has 0 unspecified atom stereocenters. The molecule has 1 heterocycles. The number of nitrogens with zero attached hydrogens (tertiary/aromatic N) is 1. The van der Waals surface area contributed by atoms with Crippen LogP contribution in [0.4, 0.5) is 5.69 Å². The van der Waals surface area contributed by atoms with Crippen LogP contribution in [0.3, 0.4) is 0 Å². The highest BCUT2D eigenvalue weighted by Crippen LogP contribution is 2.23. The van der Waals surface area contributed by atoms with Gasteiger partial charge in [0.15, 0.2) is 0 Å². The molecular weight excluding hydrogens is 408 g/mol. The molecule has 0 atom stereocenters. The van der Waals surface area contributed by atoms with E-state index in [9.17, 15) is 16.8 Å². The second-order valence-electron chi connectivity index (χ2n) is 7.34. The molecule has 29 heavy (non-hydrogen) atoms. The molecule has 0 aliphatic carbocycles. The van der Waals surface area contributed by atoms with Gasteiger partial charge in [0.1, 0.15) is 0 Å². The molecule has 0 bridgehead atoms. The van der Waals surface area contributed by atoms with Gasteiger partial charge in [-0.05, 0) is 61.2 Å². The van der Waals surface area contributed by atoms with E-state index in [4.69, 9.17) is 0 Å². The molecule has 0 saturated carbocycles. The Labute approximate surface area is 174 Å². The minimum atomic E-state index is -3.73. The zero-order valence-electron chi connectivity index (χ0n) is 16.7. The molecule has 1 fully saturated rings. The molecule has 1 saturated heterocycles. The Kier molecular flexibility index (Phi) is 6.97. The predicted octanol–water partition coefficient (Wildman–Crippen LogP) is 4.00. The van der Waals surface area contributed by atoms with E-state index in [-0.39, 0.29) is 9.79 Å². The largest absolute Gasteiger partial charge is 0.280 e. The lowest BCUT2D eigenvalue weighted by atomic mass is 10.1. The first-order valence-corrected chi connectivity index (χ1v) is 13.0. The van der Waals surface area contributed by atoms with E-state index in [0.717, 1.165) is 44.1 Å². The Morgan fingerprint density at radius 3 is 1.90 bits per heavy atom. The van der Waals surface area contributed by atoms with Crippen molar-refractivity contribution in [3.05, 3.63) is 54.1 Å². The molecule has 1 N–H and O–H groups in total. The van der Waals surface area contributed by atoms with E-state index in [2.05, 4.69) is 11.6 Å². The number of aryl methyl sites for hydroxylation is 1. The van der Waals surface area contributed by atoms with Crippen LogP contribution in [0.2, 0.25) is 0 Å².